The van der Waals surface area contributed by atoms with Crippen LogP contribution in [0.1, 0.15) is 28.8 Å². The van der Waals surface area contributed by atoms with Gasteiger partial charge in [0.1, 0.15) is 0 Å². The summed E-state index contributed by atoms with van der Waals surface area (Å²) in [5, 5.41) is 2.90. The molecule has 4 heteroatoms. The molecule has 0 aliphatic carbocycles. The lowest BCUT2D eigenvalue weighted by molar-refractivity contribution is -0.134. The maximum atomic E-state index is 12.4. The Morgan fingerprint density at radius 2 is 1.91 bits per heavy atom. The Morgan fingerprint density at radius 3 is 2.73 bits per heavy atom. The third-order valence-electron chi connectivity index (χ3n) is 3.96. The van der Waals surface area contributed by atoms with Gasteiger partial charge in [0.25, 0.3) is 5.91 Å². The third-order valence-corrected chi connectivity index (χ3v) is 3.96. The van der Waals surface area contributed by atoms with Gasteiger partial charge in [0, 0.05) is 12.6 Å². The lowest BCUT2D eigenvalue weighted by Gasteiger charge is -2.25. The molecule has 2 aromatic carbocycles. The highest BCUT2D eigenvalue weighted by Gasteiger charge is 2.27. The molecule has 0 aromatic heterocycles. The second-order valence-corrected chi connectivity index (χ2v) is 5.46. The van der Waals surface area contributed by atoms with E-state index >= 15 is 0 Å². The number of nitrogens with two attached hydrogens (primary N) is 1. The average molecular weight is 296 g/mol. The van der Waals surface area contributed by atoms with Gasteiger partial charge < -0.3 is 15.8 Å². The molecular formula is C18H20N2O2. The highest BCUT2D eigenvalue weighted by molar-refractivity contribution is 5.82. The van der Waals surface area contributed by atoms with E-state index in [4.69, 9.17) is 10.5 Å². The molecule has 4 nitrogen and oxygen atoms in total. The minimum absolute atomic E-state index is 0.126. The number of carbonyl (C=O) groups excluding carboxylic acids is 1. The lowest BCUT2D eigenvalue weighted by Crippen LogP contribution is -2.37. The molecule has 1 heterocycles. The van der Waals surface area contributed by atoms with E-state index in [1.54, 1.807) is 0 Å². The van der Waals surface area contributed by atoms with Crippen LogP contribution in [0.15, 0.2) is 54.6 Å². The summed E-state index contributed by atoms with van der Waals surface area (Å²) in [5.74, 6) is -0.126. The minimum atomic E-state index is -0.534. The van der Waals surface area contributed by atoms with Crippen LogP contribution in [0, 0.1) is 0 Å². The van der Waals surface area contributed by atoms with E-state index in [0.717, 1.165) is 17.5 Å². The van der Waals surface area contributed by atoms with E-state index in [1.807, 2.05) is 54.6 Å². The zero-order valence-electron chi connectivity index (χ0n) is 12.4. The van der Waals surface area contributed by atoms with Gasteiger partial charge in [-0.05, 0) is 23.1 Å². The van der Waals surface area contributed by atoms with Crippen molar-refractivity contribution < 1.29 is 9.53 Å². The summed E-state index contributed by atoms with van der Waals surface area (Å²) in [4.78, 5) is 12.4. The Morgan fingerprint density at radius 1 is 1.18 bits per heavy atom. The maximum Gasteiger partial charge on any atom is 0.253 e. The summed E-state index contributed by atoms with van der Waals surface area (Å²) in [6.07, 6.45) is 0.316. The lowest BCUT2D eigenvalue weighted by atomic mass is 9.97. The fourth-order valence-electron chi connectivity index (χ4n) is 2.73. The number of ether oxygens (including phenoxy) is 1. The van der Waals surface area contributed by atoms with Crippen LogP contribution >= 0.6 is 0 Å². The van der Waals surface area contributed by atoms with Crippen LogP contribution in [0.25, 0.3) is 0 Å². The molecule has 1 aliphatic heterocycles. The molecule has 0 fully saturated rings. The van der Waals surface area contributed by atoms with Crippen molar-refractivity contribution in [2.75, 3.05) is 13.2 Å². The Balaban J connectivity index is 1.64. The molecule has 3 N–H and O–H groups in total. The number of carbonyl (C=O) groups is 1. The molecule has 0 spiro atoms. The normalized spacial score (nSPS) is 18.3. The van der Waals surface area contributed by atoms with Crippen LogP contribution in [-0.4, -0.2) is 19.1 Å². The molecule has 3 rings (SSSR count). The van der Waals surface area contributed by atoms with Gasteiger partial charge in [0.05, 0.1) is 6.61 Å². The second kappa shape index (κ2) is 6.73. The Bertz CT molecular complexity index is 643. The molecule has 0 unspecified atom stereocenters. The number of hydrogen-bond donors (Lipinski definition) is 2. The molecule has 1 amide bonds. The monoisotopic (exact) mass is 296 g/mol. The Labute approximate surface area is 130 Å². The average Bonchev–Trinajstić information content (AvgIpc) is 2.59. The quantitative estimate of drug-likeness (QED) is 0.908. The SMILES string of the molecule is N[C@H](CNC(=O)[C@@H]1OCCc2ccccc21)c1ccccc1. The fraction of sp³-hybridized carbons (Fsp3) is 0.278. The minimum Gasteiger partial charge on any atom is -0.363 e. The molecule has 0 saturated carbocycles. The van der Waals surface area contributed by atoms with Crippen molar-refractivity contribution in [3.05, 3.63) is 71.3 Å². The third kappa shape index (κ3) is 3.18. The molecule has 1 aliphatic rings. The molecule has 0 radical (unpaired) electrons. The van der Waals surface area contributed by atoms with Crippen LogP contribution < -0.4 is 11.1 Å². The van der Waals surface area contributed by atoms with Crippen LogP contribution in [-0.2, 0) is 16.0 Å². The number of fused-ring (bicyclic) bond motifs is 1. The summed E-state index contributed by atoms with van der Waals surface area (Å²) < 4.78 is 5.65. The predicted molar refractivity (Wildman–Crippen MR) is 85.2 cm³/mol. The highest BCUT2D eigenvalue weighted by atomic mass is 16.5. The molecule has 2 aromatic rings. The van der Waals surface area contributed by atoms with E-state index in [0.29, 0.717) is 13.2 Å². The topological polar surface area (TPSA) is 64.3 Å². The van der Waals surface area contributed by atoms with Crippen LogP contribution in [0.2, 0.25) is 0 Å². The number of amides is 1. The zero-order valence-corrected chi connectivity index (χ0v) is 12.4. The first kappa shape index (κ1) is 14.8. The summed E-state index contributed by atoms with van der Waals surface area (Å²) in [7, 11) is 0. The van der Waals surface area contributed by atoms with Crippen molar-refractivity contribution in [2.24, 2.45) is 5.73 Å². The number of nitrogens with one attached hydrogen (secondary N) is 1. The Hall–Kier alpha value is -2.17. The van der Waals surface area contributed by atoms with Crippen LogP contribution in [0.5, 0.6) is 0 Å². The van der Waals surface area contributed by atoms with Gasteiger partial charge in [-0.15, -0.1) is 0 Å². The summed E-state index contributed by atoms with van der Waals surface area (Å²) in [6, 6.07) is 17.5. The molecular weight excluding hydrogens is 276 g/mol. The summed E-state index contributed by atoms with van der Waals surface area (Å²) in [6.45, 7) is 0.963. The fourth-order valence-corrected chi connectivity index (χ4v) is 2.73. The number of hydrogen-bond acceptors (Lipinski definition) is 3. The van der Waals surface area contributed by atoms with Gasteiger partial charge in [0.2, 0.25) is 0 Å². The van der Waals surface area contributed by atoms with Crippen molar-refractivity contribution in [2.45, 2.75) is 18.6 Å². The van der Waals surface area contributed by atoms with Gasteiger partial charge in [-0.25, -0.2) is 0 Å². The van der Waals surface area contributed by atoms with E-state index < -0.39 is 6.10 Å². The zero-order chi connectivity index (χ0) is 15.4. The first-order valence-corrected chi connectivity index (χ1v) is 7.53. The highest BCUT2D eigenvalue weighted by Crippen LogP contribution is 2.27. The van der Waals surface area contributed by atoms with Crippen molar-refractivity contribution >= 4 is 5.91 Å². The first-order chi connectivity index (χ1) is 10.8. The van der Waals surface area contributed by atoms with Gasteiger partial charge in [-0.2, -0.15) is 0 Å². The molecule has 22 heavy (non-hydrogen) atoms. The van der Waals surface area contributed by atoms with E-state index in [2.05, 4.69) is 5.32 Å². The van der Waals surface area contributed by atoms with Crippen molar-refractivity contribution in [3.63, 3.8) is 0 Å². The molecule has 0 bridgehead atoms. The summed E-state index contributed by atoms with van der Waals surface area (Å²) >= 11 is 0. The largest absolute Gasteiger partial charge is 0.363 e. The van der Waals surface area contributed by atoms with E-state index in [-0.39, 0.29) is 11.9 Å². The standard InChI is InChI=1S/C18H20N2O2/c19-16(14-7-2-1-3-8-14)12-20-18(21)17-15-9-5-4-6-13(15)10-11-22-17/h1-9,16-17H,10-12,19H2,(H,20,21)/t16-,17-/m1/s1. The van der Waals surface area contributed by atoms with Gasteiger partial charge in [-0.3, -0.25) is 4.79 Å². The van der Waals surface area contributed by atoms with Gasteiger partial charge in [0.15, 0.2) is 6.10 Å². The Kier molecular flexibility index (Phi) is 4.51. The van der Waals surface area contributed by atoms with Crippen LogP contribution in [0.3, 0.4) is 0 Å². The smallest absolute Gasteiger partial charge is 0.253 e. The molecule has 114 valence electrons. The molecule has 2 atom stereocenters. The summed E-state index contributed by atoms with van der Waals surface area (Å²) in [5.41, 5.74) is 9.26. The maximum absolute atomic E-state index is 12.4. The van der Waals surface area contributed by atoms with E-state index in [9.17, 15) is 4.79 Å². The second-order valence-electron chi connectivity index (χ2n) is 5.46. The first-order valence-electron chi connectivity index (χ1n) is 7.53. The van der Waals surface area contributed by atoms with Crippen molar-refractivity contribution in [3.8, 4) is 0 Å². The predicted octanol–water partition coefficient (Wildman–Crippen LogP) is 2.12. The van der Waals surface area contributed by atoms with Gasteiger partial charge >= 0.3 is 0 Å². The van der Waals surface area contributed by atoms with Crippen molar-refractivity contribution in [1.82, 2.24) is 5.32 Å². The van der Waals surface area contributed by atoms with Crippen molar-refractivity contribution in [1.29, 1.82) is 0 Å². The van der Waals surface area contributed by atoms with Crippen LogP contribution in [0.4, 0.5) is 0 Å². The number of rotatable bonds is 4. The molecule has 0 saturated heterocycles. The van der Waals surface area contributed by atoms with E-state index in [1.165, 1.54) is 5.56 Å². The van der Waals surface area contributed by atoms with Gasteiger partial charge in [-0.1, -0.05) is 54.6 Å². The number of benzene rings is 2.